The fourth-order valence-electron chi connectivity index (χ4n) is 8.19. The smallest absolute Gasteiger partial charge is 0.418 e. The molecule has 4 saturated heterocycles. The Morgan fingerprint density at radius 1 is 1.09 bits per heavy atom. The molecular formula is C32H37F5N8O2. The average molecular weight is 661 g/mol. The number of ether oxygens (including phenoxy) is 2. The third-order valence-corrected chi connectivity index (χ3v) is 10.5. The summed E-state index contributed by atoms with van der Waals surface area (Å²) >= 11 is 0. The van der Waals surface area contributed by atoms with Gasteiger partial charge >= 0.3 is 12.2 Å². The fourth-order valence-corrected chi connectivity index (χ4v) is 8.19. The summed E-state index contributed by atoms with van der Waals surface area (Å²) in [6.07, 6.45) is 1.66. The van der Waals surface area contributed by atoms with Crippen LogP contribution in [0.15, 0.2) is 12.3 Å². The first-order chi connectivity index (χ1) is 22.4. The number of hydrogen-bond donors (Lipinski definition) is 2. The number of anilines is 2. The van der Waals surface area contributed by atoms with Crippen LogP contribution in [0.25, 0.3) is 22.3 Å². The molecule has 3 aromatic rings. The molecule has 3 aromatic heterocycles. The Balaban J connectivity index is 1.22. The maximum absolute atomic E-state index is 16.6. The fraction of sp³-hybridized carbons (Fsp3) is 0.625. The van der Waals surface area contributed by atoms with Gasteiger partial charge in [-0.25, -0.2) is 13.8 Å². The molecule has 7 heterocycles. The summed E-state index contributed by atoms with van der Waals surface area (Å²) in [6.45, 7) is 4.05. The lowest BCUT2D eigenvalue weighted by Gasteiger charge is -2.42. The van der Waals surface area contributed by atoms with Crippen LogP contribution < -0.4 is 20.7 Å². The van der Waals surface area contributed by atoms with E-state index in [1.807, 2.05) is 4.90 Å². The van der Waals surface area contributed by atoms with E-state index in [0.29, 0.717) is 38.5 Å². The number of aryl methyl sites for hydroxylation is 1. The Kier molecular flexibility index (Phi) is 7.26. The number of piperazine rings is 1. The van der Waals surface area contributed by atoms with E-state index in [-0.39, 0.29) is 52.6 Å². The highest BCUT2D eigenvalue weighted by Gasteiger charge is 2.50. The summed E-state index contributed by atoms with van der Waals surface area (Å²) in [7, 11) is 0. The molecule has 1 aliphatic carbocycles. The van der Waals surface area contributed by atoms with Crippen molar-refractivity contribution in [2.45, 2.75) is 87.4 Å². The molecule has 4 aliphatic heterocycles. The number of pyridine rings is 2. The number of hydrogen-bond acceptors (Lipinski definition) is 10. The van der Waals surface area contributed by atoms with Crippen LogP contribution in [0.3, 0.4) is 0 Å². The molecule has 47 heavy (non-hydrogen) atoms. The Morgan fingerprint density at radius 2 is 1.91 bits per heavy atom. The maximum Gasteiger partial charge on any atom is 0.418 e. The molecule has 8 rings (SSSR count). The number of aromatic nitrogens is 4. The Morgan fingerprint density at radius 3 is 2.70 bits per heavy atom. The Bertz CT molecular complexity index is 1720. The van der Waals surface area contributed by atoms with Crippen molar-refractivity contribution in [1.82, 2.24) is 30.2 Å². The highest BCUT2D eigenvalue weighted by Crippen LogP contribution is 2.43. The van der Waals surface area contributed by atoms with Crippen LogP contribution in [-0.4, -0.2) is 93.6 Å². The summed E-state index contributed by atoms with van der Waals surface area (Å²) in [5.41, 5.74) is 2.09. The first-order valence-electron chi connectivity index (χ1n) is 16.3. The SMILES string of the molecule is Cc1cc(N)nc(-c2ncc3c(N4C[C@@H]5CC[C@](COC6CC6)(C4)N5)nc(OC[C@@]45CCCN4C[C@H](F)C5)nc3c2F)c1C(F)(F)F. The summed E-state index contributed by atoms with van der Waals surface area (Å²) < 4.78 is 86.1. The molecule has 15 heteroatoms. The number of fused-ring (bicyclic) bond motifs is 4. The number of nitrogens with two attached hydrogens (primary N) is 1. The van der Waals surface area contributed by atoms with E-state index < -0.39 is 40.7 Å². The number of halogens is 5. The van der Waals surface area contributed by atoms with Crippen molar-refractivity contribution >= 4 is 22.5 Å². The highest BCUT2D eigenvalue weighted by molar-refractivity contribution is 5.92. The van der Waals surface area contributed by atoms with Gasteiger partial charge in [-0.3, -0.25) is 9.88 Å². The van der Waals surface area contributed by atoms with Gasteiger partial charge in [-0.15, -0.1) is 0 Å². The largest absolute Gasteiger partial charge is 0.461 e. The van der Waals surface area contributed by atoms with Gasteiger partial charge in [0.25, 0.3) is 0 Å². The normalized spacial score (nSPS) is 29.2. The zero-order valence-electron chi connectivity index (χ0n) is 26.0. The van der Waals surface area contributed by atoms with Gasteiger partial charge in [-0.1, -0.05) is 0 Å². The summed E-state index contributed by atoms with van der Waals surface area (Å²) in [5.74, 6) is -0.915. The molecule has 252 valence electrons. The van der Waals surface area contributed by atoms with Gasteiger partial charge in [0.2, 0.25) is 0 Å². The molecule has 0 spiro atoms. The third kappa shape index (κ3) is 5.53. The van der Waals surface area contributed by atoms with Crippen LogP contribution in [0, 0.1) is 12.7 Å². The summed E-state index contributed by atoms with van der Waals surface area (Å²) in [4.78, 5) is 21.4. The van der Waals surface area contributed by atoms with E-state index in [1.54, 1.807) is 0 Å². The van der Waals surface area contributed by atoms with Crippen molar-refractivity contribution in [3.8, 4) is 17.4 Å². The van der Waals surface area contributed by atoms with Crippen molar-refractivity contribution < 1.29 is 31.4 Å². The van der Waals surface area contributed by atoms with Crippen LogP contribution in [0.5, 0.6) is 6.01 Å². The Labute approximate surface area is 268 Å². The number of nitrogens with zero attached hydrogens (tertiary/aromatic N) is 6. The predicted octanol–water partition coefficient (Wildman–Crippen LogP) is 4.58. The molecule has 10 nitrogen and oxygen atoms in total. The minimum Gasteiger partial charge on any atom is -0.461 e. The van der Waals surface area contributed by atoms with Crippen LogP contribution in [0.4, 0.5) is 33.6 Å². The van der Waals surface area contributed by atoms with Gasteiger partial charge in [-0.05, 0) is 63.6 Å². The molecular weight excluding hydrogens is 623 g/mol. The van der Waals surface area contributed by atoms with Crippen molar-refractivity contribution in [2.24, 2.45) is 0 Å². The van der Waals surface area contributed by atoms with Crippen LogP contribution in [0.2, 0.25) is 0 Å². The molecule has 5 fully saturated rings. The molecule has 0 unspecified atom stereocenters. The lowest BCUT2D eigenvalue weighted by Crippen LogP contribution is -2.62. The first kappa shape index (κ1) is 30.9. The minimum atomic E-state index is -4.84. The van der Waals surface area contributed by atoms with Gasteiger partial charge in [0.15, 0.2) is 5.82 Å². The van der Waals surface area contributed by atoms with Crippen LogP contribution in [-0.2, 0) is 10.9 Å². The molecule has 0 radical (unpaired) electrons. The van der Waals surface area contributed by atoms with E-state index in [2.05, 4.69) is 25.2 Å². The highest BCUT2D eigenvalue weighted by atomic mass is 19.4. The summed E-state index contributed by atoms with van der Waals surface area (Å²) in [5, 5.41) is 3.95. The first-order valence-corrected chi connectivity index (χ1v) is 16.3. The zero-order chi connectivity index (χ0) is 32.7. The molecule has 0 amide bonds. The molecule has 4 atom stereocenters. The second-order valence-electron chi connectivity index (χ2n) is 14.0. The predicted molar refractivity (Wildman–Crippen MR) is 163 cm³/mol. The number of nitrogens with one attached hydrogen (secondary N) is 1. The number of rotatable bonds is 8. The second-order valence-corrected chi connectivity index (χ2v) is 14.0. The standard InChI is InChI=1S/C32H37F5N8O2/c1-17-9-22(38)40-26(23(17)32(35,36)37)27-24(34)25-21(11-39-27)28(44-13-19-5-7-30(14-44,43-19)15-46-20-3-4-20)42-29(41-25)47-16-31-6-2-8-45(31)12-18(33)10-31/h9,11,18-20,43H,2-8,10,12-16H2,1H3,(H2,38,40)/t18-,19+,30-,31+/m1/s1. The quantitative estimate of drug-likeness (QED) is 0.333. The molecule has 3 N–H and O–H groups in total. The van der Waals surface area contributed by atoms with Gasteiger partial charge < -0.3 is 25.4 Å². The lowest BCUT2D eigenvalue weighted by atomic mass is 9.95. The van der Waals surface area contributed by atoms with E-state index >= 15 is 4.39 Å². The van der Waals surface area contributed by atoms with Gasteiger partial charge in [0.1, 0.15) is 41.3 Å². The van der Waals surface area contributed by atoms with Crippen LogP contribution >= 0.6 is 0 Å². The monoisotopic (exact) mass is 660 g/mol. The third-order valence-electron chi connectivity index (χ3n) is 10.5. The van der Waals surface area contributed by atoms with Crippen molar-refractivity contribution in [3.63, 3.8) is 0 Å². The van der Waals surface area contributed by atoms with Gasteiger partial charge in [0, 0.05) is 38.3 Å². The Hall–Kier alpha value is -3.43. The maximum atomic E-state index is 16.6. The average Bonchev–Trinajstić information content (AvgIpc) is 3.59. The van der Waals surface area contributed by atoms with Crippen molar-refractivity contribution in [1.29, 1.82) is 0 Å². The molecule has 5 aliphatic rings. The minimum absolute atomic E-state index is 0.107. The van der Waals surface area contributed by atoms with Crippen molar-refractivity contribution in [2.75, 3.05) is 50.0 Å². The summed E-state index contributed by atoms with van der Waals surface area (Å²) in [6, 6.07) is 1.10. The van der Waals surface area contributed by atoms with E-state index in [9.17, 15) is 17.6 Å². The van der Waals surface area contributed by atoms with Crippen LogP contribution in [0.1, 0.15) is 56.1 Å². The van der Waals surface area contributed by atoms with Crippen molar-refractivity contribution in [3.05, 3.63) is 29.2 Å². The second kappa shape index (κ2) is 11.1. The molecule has 2 bridgehead atoms. The van der Waals surface area contributed by atoms with E-state index in [1.165, 1.54) is 13.1 Å². The van der Waals surface area contributed by atoms with E-state index in [0.717, 1.165) is 51.1 Å². The molecule has 1 saturated carbocycles. The van der Waals surface area contributed by atoms with E-state index in [4.69, 9.17) is 20.2 Å². The molecule has 0 aromatic carbocycles. The number of nitrogen functional groups attached to an aromatic ring is 1. The zero-order valence-corrected chi connectivity index (χ0v) is 26.0. The topological polar surface area (TPSA) is 115 Å². The lowest BCUT2D eigenvalue weighted by molar-refractivity contribution is -0.137. The van der Waals surface area contributed by atoms with Gasteiger partial charge in [0.05, 0.1) is 34.7 Å². The number of alkyl halides is 4. The van der Waals surface area contributed by atoms with Gasteiger partial charge in [-0.2, -0.15) is 23.1 Å².